The first-order valence-electron chi connectivity index (χ1n) is 8.09. The Hall–Kier alpha value is -0.970. The highest BCUT2D eigenvalue weighted by atomic mass is 32.3. The van der Waals surface area contributed by atoms with Gasteiger partial charge in [0.15, 0.2) is 0 Å². The van der Waals surface area contributed by atoms with E-state index in [2.05, 4.69) is 4.98 Å². The predicted octanol–water partition coefficient (Wildman–Crippen LogP) is 2.41. The molecule has 10 heteroatoms. The van der Waals surface area contributed by atoms with E-state index >= 15 is 0 Å². The summed E-state index contributed by atoms with van der Waals surface area (Å²) in [5.41, 5.74) is 0. The van der Waals surface area contributed by atoms with Gasteiger partial charge in [0.05, 0.1) is 19.5 Å². The van der Waals surface area contributed by atoms with E-state index in [9.17, 15) is 16.8 Å². The highest BCUT2D eigenvalue weighted by molar-refractivity contribution is 8.03. The number of rotatable bonds is 13. The Balaban J connectivity index is 2.89. The van der Waals surface area contributed by atoms with Gasteiger partial charge in [-0.25, -0.2) is 4.98 Å². The summed E-state index contributed by atoms with van der Waals surface area (Å²) in [6, 6.07) is 0. The van der Waals surface area contributed by atoms with Crippen molar-refractivity contribution in [2.75, 3.05) is 13.2 Å². The Morgan fingerprint density at radius 2 is 1.50 bits per heavy atom. The maximum absolute atomic E-state index is 12.4. The molecule has 24 heavy (non-hydrogen) atoms. The molecule has 0 bridgehead atoms. The molecule has 0 fully saturated rings. The first kappa shape index (κ1) is 21.1. The molecule has 0 aliphatic rings. The molecular weight excluding hydrogens is 356 g/mol. The fourth-order valence-corrected chi connectivity index (χ4v) is 5.24. The van der Waals surface area contributed by atoms with E-state index in [-0.39, 0.29) is 13.2 Å². The molecule has 1 aromatic heterocycles. The second kappa shape index (κ2) is 10.1. The summed E-state index contributed by atoms with van der Waals surface area (Å²) in [6.45, 7) is 3.78. The molecule has 0 amide bonds. The number of unbranched alkanes of at least 4 members (excludes halogenated alkanes) is 4. The smallest absolute Gasteiger partial charge is 0.303 e. The highest BCUT2D eigenvalue weighted by Crippen LogP contribution is 2.26. The Morgan fingerprint density at radius 3 is 2.00 bits per heavy atom. The van der Waals surface area contributed by atoms with Crippen molar-refractivity contribution in [2.45, 2.75) is 57.1 Å². The molecular formula is C14H26N2O6S2. The summed E-state index contributed by atoms with van der Waals surface area (Å²) in [4.78, 5) is 3.71. The molecule has 0 N–H and O–H groups in total. The lowest BCUT2D eigenvalue weighted by Crippen LogP contribution is -2.30. The maximum Gasteiger partial charge on any atom is 0.306 e. The van der Waals surface area contributed by atoms with E-state index in [1.54, 1.807) is 0 Å². The van der Waals surface area contributed by atoms with Crippen LogP contribution >= 0.6 is 0 Å². The average molecular weight is 383 g/mol. The number of hydrogen-bond acceptors (Lipinski definition) is 7. The van der Waals surface area contributed by atoms with Gasteiger partial charge < -0.3 is 4.57 Å². The third kappa shape index (κ3) is 6.50. The van der Waals surface area contributed by atoms with Crippen LogP contribution in [0.1, 0.15) is 57.1 Å². The highest BCUT2D eigenvalue weighted by Gasteiger charge is 2.41. The van der Waals surface area contributed by atoms with Crippen LogP contribution in [-0.2, 0) is 28.6 Å². The second-order valence-corrected chi connectivity index (χ2v) is 8.99. The molecule has 0 aliphatic heterocycles. The summed E-state index contributed by atoms with van der Waals surface area (Å²) in [5.74, 6) is 0. The first-order chi connectivity index (χ1) is 11.3. The van der Waals surface area contributed by atoms with Crippen LogP contribution in [0.5, 0.6) is 0 Å². The van der Waals surface area contributed by atoms with Gasteiger partial charge in [-0.3, -0.25) is 8.37 Å². The largest absolute Gasteiger partial charge is 0.306 e. The Morgan fingerprint density at radius 1 is 0.917 bits per heavy atom. The van der Waals surface area contributed by atoms with Gasteiger partial charge in [-0.2, -0.15) is 16.8 Å². The molecule has 0 saturated carbocycles. The molecule has 140 valence electrons. The molecule has 1 unspecified atom stereocenters. The summed E-state index contributed by atoms with van der Waals surface area (Å²) in [6.07, 6.45) is 8.23. The summed E-state index contributed by atoms with van der Waals surface area (Å²) >= 11 is 0. The van der Waals surface area contributed by atoms with Gasteiger partial charge >= 0.3 is 20.2 Å². The van der Waals surface area contributed by atoms with Crippen LogP contribution in [0, 0.1) is 0 Å². The molecule has 1 heterocycles. The van der Waals surface area contributed by atoms with E-state index in [1.807, 2.05) is 13.8 Å². The monoisotopic (exact) mass is 382 g/mol. The van der Waals surface area contributed by atoms with Gasteiger partial charge in [-0.05, 0) is 12.8 Å². The number of hydrogen-bond donors (Lipinski definition) is 0. The molecule has 0 saturated heterocycles. The van der Waals surface area contributed by atoms with E-state index in [0.717, 1.165) is 36.6 Å². The van der Waals surface area contributed by atoms with Crippen LogP contribution < -0.4 is 0 Å². The van der Waals surface area contributed by atoms with Crippen molar-refractivity contribution in [1.29, 1.82) is 0 Å². The molecule has 0 aliphatic carbocycles. The van der Waals surface area contributed by atoms with Crippen molar-refractivity contribution < 1.29 is 25.2 Å². The lowest BCUT2D eigenvalue weighted by molar-refractivity contribution is 0.286. The van der Waals surface area contributed by atoms with E-state index in [4.69, 9.17) is 8.37 Å². The van der Waals surface area contributed by atoms with E-state index in [1.165, 1.54) is 12.4 Å². The predicted molar refractivity (Wildman–Crippen MR) is 90.1 cm³/mol. The minimum absolute atomic E-state index is 0.0575. The van der Waals surface area contributed by atoms with Crippen LogP contribution in [0.3, 0.4) is 0 Å². The van der Waals surface area contributed by atoms with Crippen molar-refractivity contribution in [2.24, 2.45) is 0 Å². The lowest BCUT2D eigenvalue weighted by atomic mass is 10.2. The maximum atomic E-state index is 12.4. The zero-order valence-corrected chi connectivity index (χ0v) is 15.8. The lowest BCUT2D eigenvalue weighted by Gasteiger charge is -2.18. The fourth-order valence-electron chi connectivity index (χ4n) is 1.98. The fraction of sp³-hybridized carbons (Fsp3) is 0.786. The zero-order valence-electron chi connectivity index (χ0n) is 14.1. The molecule has 0 spiro atoms. The molecule has 8 nitrogen and oxygen atoms in total. The van der Waals surface area contributed by atoms with Gasteiger partial charge in [-0.1, -0.05) is 39.5 Å². The van der Waals surface area contributed by atoms with Gasteiger partial charge in [0.25, 0.3) is 4.71 Å². The van der Waals surface area contributed by atoms with Crippen molar-refractivity contribution in [1.82, 2.24) is 9.55 Å². The van der Waals surface area contributed by atoms with Crippen LogP contribution in [0.2, 0.25) is 0 Å². The Bertz CT molecular complexity index is 655. The molecule has 1 atom stereocenters. The number of nitrogens with zero attached hydrogens (tertiary/aromatic N) is 2. The summed E-state index contributed by atoms with van der Waals surface area (Å²) < 4.78 is 58.3. The van der Waals surface area contributed by atoms with Crippen LogP contribution in [-0.4, -0.2) is 39.6 Å². The average Bonchev–Trinajstić information content (AvgIpc) is 3.00. The standard InChI is InChI=1S/C14H26N2O6S2/c1-3-5-7-8-12-22-24(19,20)14(16-10-9-15-13-16)23(17,18)21-11-6-4-2/h9-10,13-14H,3-8,11-12H2,1-2H3. The molecule has 1 aromatic rings. The second-order valence-electron chi connectivity index (χ2n) is 5.36. The minimum atomic E-state index is -4.42. The topological polar surface area (TPSA) is 105 Å². The summed E-state index contributed by atoms with van der Waals surface area (Å²) in [7, 11) is -8.83. The third-order valence-electron chi connectivity index (χ3n) is 3.25. The van der Waals surface area contributed by atoms with Crippen LogP contribution in [0.4, 0.5) is 0 Å². The minimum Gasteiger partial charge on any atom is -0.303 e. The van der Waals surface area contributed by atoms with Crippen LogP contribution in [0.25, 0.3) is 0 Å². The van der Waals surface area contributed by atoms with Gasteiger partial charge in [0.1, 0.15) is 0 Å². The molecule has 1 rings (SSSR count). The Kier molecular flexibility index (Phi) is 8.88. The third-order valence-corrected chi connectivity index (χ3v) is 7.13. The number of imidazole rings is 1. The number of aromatic nitrogens is 2. The van der Waals surface area contributed by atoms with Gasteiger partial charge in [0.2, 0.25) is 0 Å². The van der Waals surface area contributed by atoms with Gasteiger partial charge in [-0.15, -0.1) is 0 Å². The zero-order chi connectivity index (χ0) is 18.1. The Labute approximate surface area is 144 Å². The SMILES string of the molecule is CCCCCCOS(=O)(=O)C(n1ccnc1)S(=O)(=O)OCCCC. The van der Waals surface area contributed by atoms with Crippen LogP contribution in [0.15, 0.2) is 18.7 Å². The first-order valence-corrected chi connectivity index (χ1v) is 11.0. The van der Waals surface area contributed by atoms with Crippen molar-refractivity contribution >= 4 is 20.2 Å². The normalized spacial score (nSPS) is 13.9. The van der Waals surface area contributed by atoms with E-state index < -0.39 is 24.9 Å². The summed E-state index contributed by atoms with van der Waals surface area (Å²) in [5, 5.41) is 0. The van der Waals surface area contributed by atoms with E-state index in [0.29, 0.717) is 12.8 Å². The van der Waals surface area contributed by atoms with Crippen molar-refractivity contribution in [3.8, 4) is 0 Å². The van der Waals surface area contributed by atoms with Gasteiger partial charge in [0, 0.05) is 12.4 Å². The molecule has 0 radical (unpaired) electrons. The molecule has 0 aromatic carbocycles. The van der Waals surface area contributed by atoms with Crippen molar-refractivity contribution in [3.05, 3.63) is 18.7 Å². The van der Waals surface area contributed by atoms with Crippen molar-refractivity contribution in [3.63, 3.8) is 0 Å². The quantitative estimate of drug-likeness (QED) is 0.381.